The molecule has 11 heteroatoms. The Hall–Kier alpha value is -3.23. The lowest BCUT2D eigenvalue weighted by molar-refractivity contribution is -0.192. The summed E-state index contributed by atoms with van der Waals surface area (Å²) in [6.07, 6.45) is -0.0368. The number of nitrogens with zero attached hydrogens (tertiary/aromatic N) is 4. The zero-order chi connectivity index (χ0) is 23.9. The molecule has 0 radical (unpaired) electrons. The second-order valence-electron chi connectivity index (χ2n) is 8.00. The number of likely N-dealkylation sites (tertiary alicyclic amines) is 1. The molecule has 2 aliphatic rings. The highest BCUT2D eigenvalue weighted by Gasteiger charge is 2.43. The number of hydrogen-bond donors (Lipinski definition) is 2. The molecule has 0 saturated carbocycles. The van der Waals surface area contributed by atoms with E-state index in [1.807, 2.05) is 30.5 Å². The first-order valence-electron chi connectivity index (χ1n) is 10.4. The number of rotatable bonds is 4. The number of carboxylic acids is 1. The highest BCUT2D eigenvalue weighted by atomic mass is 19.4. The maximum absolute atomic E-state index is 10.6. The van der Waals surface area contributed by atoms with Crippen LogP contribution in [0.1, 0.15) is 30.7 Å². The van der Waals surface area contributed by atoms with Gasteiger partial charge in [-0.1, -0.05) is 12.1 Å². The molecule has 0 bridgehead atoms. The van der Waals surface area contributed by atoms with Crippen molar-refractivity contribution in [3.05, 3.63) is 54.0 Å². The molecule has 8 nitrogen and oxygen atoms in total. The molecule has 176 valence electrons. The number of anilines is 1. The Labute approximate surface area is 189 Å². The fourth-order valence-corrected chi connectivity index (χ4v) is 4.05. The summed E-state index contributed by atoms with van der Waals surface area (Å²) in [6.45, 7) is 3.57. The molecule has 2 aromatic rings. The molecule has 0 amide bonds. The van der Waals surface area contributed by atoms with E-state index in [1.165, 1.54) is 0 Å². The second-order valence-corrected chi connectivity index (χ2v) is 8.00. The summed E-state index contributed by atoms with van der Waals surface area (Å²) in [5, 5.41) is 19.6. The van der Waals surface area contributed by atoms with Gasteiger partial charge < -0.3 is 15.2 Å². The normalized spacial score (nSPS) is 22.8. The van der Waals surface area contributed by atoms with Crippen LogP contribution in [-0.4, -0.2) is 63.5 Å². The third kappa shape index (κ3) is 7.13. The smallest absolute Gasteiger partial charge is 0.475 e. The van der Waals surface area contributed by atoms with E-state index in [2.05, 4.69) is 32.3 Å². The van der Waals surface area contributed by atoms with Crippen LogP contribution in [0.25, 0.3) is 0 Å². The average molecular weight is 463 g/mol. The maximum atomic E-state index is 10.6. The Morgan fingerprint density at radius 2 is 2.12 bits per heavy atom. The van der Waals surface area contributed by atoms with E-state index in [-0.39, 0.29) is 11.6 Å². The van der Waals surface area contributed by atoms with Gasteiger partial charge >= 0.3 is 12.1 Å². The number of aromatic nitrogens is 2. The minimum Gasteiger partial charge on any atom is -0.475 e. The van der Waals surface area contributed by atoms with Crippen LogP contribution in [0, 0.1) is 11.3 Å². The Balaban J connectivity index is 0.000000383. The minimum absolute atomic E-state index is 0.0858. The number of halogens is 3. The number of ether oxygens (including phenoxy) is 1. The molecule has 33 heavy (non-hydrogen) atoms. The van der Waals surface area contributed by atoms with Gasteiger partial charge in [0.05, 0.1) is 23.9 Å². The number of aliphatic carboxylic acids is 1. The van der Waals surface area contributed by atoms with Crippen LogP contribution in [0.15, 0.2) is 42.6 Å². The summed E-state index contributed by atoms with van der Waals surface area (Å²) < 4.78 is 38.0. The number of carboxylic acid groups (broad SMARTS) is 1. The van der Waals surface area contributed by atoms with Gasteiger partial charge in [-0.2, -0.15) is 18.4 Å². The molecule has 2 unspecified atom stereocenters. The largest absolute Gasteiger partial charge is 0.490 e. The highest BCUT2D eigenvalue weighted by Crippen LogP contribution is 2.36. The van der Waals surface area contributed by atoms with Gasteiger partial charge in [-0.3, -0.25) is 9.88 Å². The molecule has 4 heterocycles. The van der Waals surface area contributed by atoms with E-state index in [1.54, 1.807) is 6.07 Å². The summed E-state index contributed by atoms with van der Waals surface area (Å²) in [7, 11) is 0. The summed E-state index contributed by atoms with van der Waals surface area (Å²) in [4.78, 5) is 20.1. The second kappa shape index (κ2) is 10.6. The number of piperidine rings is 1. The van der Waals surface area contributed by atoms with Gasteiger partial charge in [0.2, 0.25) is 0 Å². The van der Waals surface area contributed by atoms with Crippen LogP contribution in [0.2, 0.25) is 0 Å². The van der Waals surface area contributed by atoms with Crippen LogP contribution in [0.3, 0.4) is 0 Å². The third-order valence-corrected chi connectivity index (χ3v) is 5.40. The van der Waals surface area contributed by atoms with Crippen molar-refractivity contribution in [2.75, 3.05) is 25.0 Å². The molecule has 1 spiro atoms. The number of nitriles is 1. The first kappa shape index (κ1) is 24.4. The number of carbonyl (C=O) groups is 1. The van der Waals surface area contributed by atoms with Gasteiger partial charge in [-0.25, -0.2) is 9.78 Å². The van der Waals surface area contributed by atoms with Crippen molar-refractivity contribution in [2.45, 2.75) is 43.6 Å². The molecule has 2 aromatic heterocycles. The molecular formula is C22H24F3N5O3. The van der Waals surface area contributed by atoms with Crippen molar-refractivity contribution in [1.82, 2.24) is 14.9 Å². The Bertz CT molecular complexity index is 983. The zero-order valence-corrected chi connectivity index (χ0v) is 17.8. The molecule has 2 N–H and O–H groups in total. The Morgan fingerprint density at radius 3 is 2.79 bits per heavy atom. The van der Waals surface area contributed by atoms with E-state index < -0.39 is 12.1 Å². The van der Waals surface area contributed by atoms with Crippen LogP contribution in [0.4, 0.5) is 19.0 Å². The minimum atomic E-state index is -5.08. The zero-order valence-electron chi connectivity index (χ0n) is 17.8. The Kier molecular flexibility index (Phi) is 7.84. The van der Waals surface area contributed by atoms with E-state index >= 15 is 0 Å². The fraction of sp³-hybridized carbons (Fsp3) is 0.455. The van der Waals surface area contributed by atoms with Gasteiger partial charge in [0.1, 0.15) is 17.6 Å². The third-order valence-electron chi connectivity index (χ3n) is 5.40. The highest BCUT2D eigenvalue weighted by molar-refractivity contribution is 5.73. The monoisotopic (exact) mass is 463 g/mol. The molecule has 2 fully saturated rings. The fourth-order valence-electron chi connectivity index (χ4n) is 4.05. The van der Waals surface area contributed by atoms with Gasteiger partial charge in [-0.05, 0) is 43.7 Å². The van der Waals surface area contributed by atoms with Crippen LogP contribution in [0.5, 0.6) is 0 Å². The van der Waals surface area contributed by atoms with Gasteiger partial charge in [-0.15, -0.1) is 0 Å². The lowest BCUT2D eigenvalue weighted by atomic mass is 9.88. The molecule has 2 aliphatic heterocycles. The van der Waals surface area contributed by atoms with E-state index in [0.29, 0.717) is 12.3 Å². The van der Waals surface area contributed by atoms with Crippen molar-refractivity contribution in [1.29, 1.82) is 5.26 Å². The van der Waals surface area contributed by atoms with Crippen molar-refractivity contribution in [3.63, 3.8) is 0 Å². The number of pyridine rings is 2. The van der Waals surface area contributed by atoms with Crippen molar-refractivity contribution >= 4 is 11.8 Å². The molecule has 2 atom stereocenters. The van der Waals surface area contributed by atoms with Gasteiger partial charge in [0, 0.05) is 25.7 Å². The molecule has 0 aliphatic carbocycles. The van der Waals surface area contributed by atoms with E-state index in [4.69, 9.17) is 19.9 Å². The molecule has 2 saturated heterocycles. The quantitative estimate of drug-likeness (QED) is 0.711. The number of nitrogens with one attached hydrogen (secondary N) is 1. The van der Waals surface area contributed by atoms with Gasteiger partial charge in [0.15, 0.2) is 0 Å². The molecule has 0 aromatic carbocycles. The molecular weight excluding hydrogens is 439 g/mol. The van der Waals surface area contributed by atoms with Gasteiger partial charge in [0.25, 0.3) is 0 Å². The SMILES string of the molecule is N#Cc1cccc(NC2COC3(CCCN(Cc4ccccn4)C3)C2)n1.O=C(O)C(F)(F)F. The summed E-state index contributed by atoms with van der Waals surface area (Å²) in [6, 6.07) is 13.9. The van der Waals surface area contributed by atoms with E-state index in [0.717, 1.165) is 50.4 Å². The Morgan fingerprint density at radius 1 is 1.33 bits per heavy atom. The van der Waals surface area contributed by atoms with Crippen LogP contribution in [-0.2, 0) is 16.1 Å². The van der Waals surface area contributed by atoms with Crippen LogP contribution < -0.4 is 5.32 Å². The predicted molar refractivity (Wildman–Crippen MR) is 112 cm³/mol. The van der Waals surface area contributed by atoms with Crippen LogP contribution >= 0.6 is 0 Å². The lowest BCUT2D eigenvalue weighted by Gasteiger charge is -2.39. The topological polar surface area (TPSA) is 111 Å². The lowest BCUT2D eigenvalue weighted by Crippen LogP contribution is -2.47. The number of alkyl halides is 3. The maximum Gasteiger partial charge on any atom is 0.490 e. The van der Waals surface area contributed by atoms with Crippen molar-refractivity contribution in [3.8, 4) is 6.07 Å². The summed E-state index contributed by atoms with van der Waals surface area (Å²) in [5.74, 6) is -2.01. The first-order valence-corrected chi connectivity index (χ1v) is 10.4. The molecule has 4 rings (SSSR count). The standard InChI is InChI=1S/C20H23N5O.C2HF3O2/c21-12-16-6-3-7-19(23-16)24-18-11-20(26-14-18)8-4-10-25(15-20)13-17-5-1-2-9-22-17;3-2(4,5)1(6)7/h1-3,5-7,9,18H,4,8,10-11,13-15H2,(H,23,24);(H,6,7). The summed E-state index contributed by atoms with van der Waals surface area (Å²) in [5.41, 5.74) is 1.45. The van der Waals surface area contributed by atoms with Crippen molar-refractivity contribution < 1.29 is 27.8 Å². The van der Waals surface area contributed by atoms with E-state index in [9.17, 15) is 13.2 Å². The average Bonchev–Trinajstić information content (AvgIpc) is 3.15. The predicted octanol–water partition coefficient (Wildman–Crippen LogP) is 3.22. The number of hydrogen-bond acceptors (Lipinski definition) is 7. The first-order chi connectivity index (χ1) is 15.7. The van der Waals surface area contributed by atoms with Crippen molar-refractivity contribution in [2.24, 2.45) is 0 Å². The summed E-state index contributed by atoms with van der Waals surface area (Å²) >= 11 is 0.